The largest absolute Gasteiger partial charge is 0.327 e. The lowest BCUT2D eigenvalue weighted by Gasteiger charge is -2.13. The highest BCUT2D eigenvalue weighted by Gasteiger charge is 2.19. The second-order valence-electron chi connectivity index (χ2n) is 7.74. The molecule has 0 saturated carbocycles. The third kappa shape index (κ3) is 3.99. The van der Waals surface area contributed by atoms with Gasteiger partial charge in [-0.3, -0.25) is 4.79 Å². The van der Waals surface area contributed by atoms with E-state index in [-0.39, 0.29) is 12.8 Å². The van der Waals surface area contributed by atoms with Crippen LogP contribution in [0.15, 0.2) is 54.6 Å². The van der Waals surface area contributed by atoms with E-state index in [1.54, 1.807) is 0 Å². The van der Waals surface area contributed by atoms with Gasteiger partial charge in [-0.2, -0.15) is 0 Å². The fourth-order valence-electron chi connectivity index (χ4n) is 3.75. The van der Waals surface area contributed by atoms with Crippen molar-refractivity contribution in [2.24, 2.45) is 5.92 Å². The Kier molecular flexibility index (Phi) is 4.95. The summed E-state index contributed by atoms with van der Waals surface area (Å²) in [5, 5.41) is 3.80. The van der Waals surface area contributed by atoms with Gasteiger partial charge in [0.2, 0.25) is 5.91 Å². The zero-order valence-electron chi connectivity index (χ0n) is 17.9. The number of carbonyl (C=O) groups is 1. The molecule has 0 radical (unpaired) electrons. The van der Waals surface area contributed by atoms with Crippen LogP contribution in [-0.2, 0) is 24.2 Å². The van der Waals surface area contributed by atoms with Crippen molar-refractivity contribution in [3.05, 3.63) is 66.0 Å². The van der Waals surface area contributed by atoms with Gasteiger partial charge in [0.25, 0.3) is 0 Å². The van der Waals surface area contributed by atoms with Gasteiger partial charge in [-0.15, -0.1) is 0 Å². The highest BCUT2D eigenvalue weighted by Crippen LogP contribution is 2.31. The summed E-state index contributed by atoms with van der Waals surface area (Å²) in [6.07, 6.45) is 1.69. The van der Waals surface area contributed by atoms with E-state index >= 15 is 0 Å². The Balaban J connectivity index is 1.89. The van der Waals surface area contributed by atoms with Crippen LogP contribution in [-0.4, -0.2) is 20.4 Å². The SMILES string of the molecule is [3H]CC(=O)Nc1nc2ccccc2c2c1nc(CCc1ccccc1)n2CC(C)C. The minimum absolute atomic E-state index is 0.344. The van der Waals surface area contributed by atoms with Crippen molar-refractivity contribution >= 4 is 33.7 Å². The molecule has 0 unspecified atom stereocenters. The van der Waals surface area contributed by atoms with E-state index in [1.165, 1.54) is 5.56 Å². The number of nitrogens with zero attached hydrogens (tertiary/aromatic N) is 3. The molecule has 0 saturated heterocycles. The maximum Gasteiger partial charge on any atom is 0.222 e. The van der Waals surface area contributed by atoms with Gasteiger partial charge < -0.3 is 9.88 Å². The molecule has 0 aliphatic heterocycles. The number of anilines is 1. The molecule has 1 N–H and O–H groups in total. The molecule has 4 rings (SSSR count). The first-order valence-electron chi connectivity index (χ1n) is 10.7. The smallest absolute Gasteiger partial charge is 0.222 e. The minimum Gasteiger partial charge on any atom is -0.327 e. The van der Waals surface area contributed by atoms with E-state index in [0.717, 1.165) is 41.6 Å². The van der Waals surface area contributed by atoms with E-state index < -0.39 is 0 Å². The van der Waals surface area contributed by atoms with Crippen LogP contribution in [0.2, 0.25) is 0 Å². The van der Waals surface area contributed by atoms with Crippen molar-refractivity contribution in [2.75, 3.05) is 5.32 Å². The van der Waals surface area contributed by atoms with Gasteiger partial charge in [0.1, 0.15) is 11.3 Å². The fourth-order valence-corrected chi connectivity index (χ4v) is 3.75. The molecule has 2 heterocycles. The van der Waals surface area contributed by atoms with E-state index in [1.807, 2.05) is 24.3 Å². The average molecular weight is 389 g/mol. The van der Waals surface area contributed by atoms with Crippen molar-refractivity contribution in [1.82, 2.24) is 14.5 Å². The summed E-state index contributed by atoms with van der Waals surface area (Å²) in [6, 6.07) is 18.3. The number of carbonyl (C=O) groups excluding carboxylic acids is 1. The number of para-hydroxylation sites is 1. The van der Waals surface area contributed by atoms with Crippen molar-refractivity contribution < 1.29 is 6.17 Å². The maximum absolute atomic E-state index is 12.0. The molecule has 0 aliphatic carbocycles. The maximum atomic E-state index is 12.0. The van der Waals surface area contributed by atoms with Crippen LogP contribution < -0.4 is 5.32 Å². The number of imidazole rings is 1. The lowest BCUT2D eigenvalue weighted by atomic mass is 10.1. The first kappa shape index (κ1) is 17.9. The number of hydrogen-bond acceptors (Lipinski definition) is 3. The molecule has 4 aromatic rings. The molecule has 29 heavy (non-hydrogen) atoms. The number of benzene rings is 2. The summed E-state index contributed by atoms with van der Waals surface area (Å²) in [6.45, 7) is 4.88. The molecular weight excluding hydrogens is 360 g/mol. The zero-order chi connectivity index (χ0) is 21.1. The van der Waals surface area contributed by atoms with Gasteiger partial charge in [-0.1, -0.05) is 62.4 Å². The second kappa shape index (κ2) is 8.03. The Bertz CT molecular complexity index is 1180. The summed E-state index contributed by atoms with van der Waals surface area (Å²) in [4.78, 5) is 21.6. The quantitative estimate of drug-likeness (QED) is 0.506. The summed E-state index contributed by atoms with van der Waals surface area (Å²) in [5.74, 6) is 1.48. The summed E-state index contributed by atoms with van der Waals surface area (Å²) >= 11 is 0. The van der Waals surface area contributed by atoms with Crippen molar-refractivity contribution in [3.8, 4) is 0 Å². The van der Waals surface area contributed by atoms with Crippen molar-refractivity contribution in [1.29, 1.82) is 0 Å². The number of aryl methyl sites for hydroxylation is 2. The Morgan fingerprint density at radius 3 is 2.59 bits per heavy atom. The molecule has 2 aromatic heterocycles. The molecule has 0 spiro atoms. The summed E-state index contributed by atoms with van der Waals surface area (Å²) < 4.78 is 9.65. The van der Waals surface area contributed by atoms with Gasteiger partial charge in [-0.05, 0) is 24.0 Å². The highest BCUT2D eigenvalue weighted by atomic mass is 16.1. The Morgan fingerprint density at radius 2 is 1.83 bits per heavy atom. The molecule has 0 fully saturated rings. The molecule has 148 valence electrons. The monoisotopic (exact) mass is 388 g/mol. The number of hydrogen-bond donors (Lipinski definition) is 1. The first-order valence-corrected chi connectivity index (χ1v) is 9.97. The molecule has 0 atom stereocenters. The number of rotatable bonds is 6. The van der Waals surface area contributed by atoms with Crippen LogP contribution >= 0.6 is 0 Å². The van der Waals surface area contributed by atoms with Crippen molar-refractivity contribution in [3.63, 3.8) is 0 Å². The summed E-state index contributed by atoms with van der Waals surface area (Å²) in [7, 11) is 0. The lowest BCUT2D eigenvalue weighted by molar-refractivity contribution is -0.114. The number of aromatic nitrogens is 3. The van der Waals surface area contributed by atoms with Gasteiger partial charge in [0, 0.05) is 26.6 Å². The third-order valence-corrected chi connectivity index (χ3v) is 4.95. The molecule has 2 aromatic carbocycles. The normalized spacial score (nSPS) is 11.9. The van der Waals surface area contributed by atoms with Gasteiger partial charge >= 0.3 is 0 Å². The number of nitrogens with one attached hydrogen (secondary N) is 1. The van der Waals surface area contributed by atoms with E-state index in [9.17, 15) is 4.79 Å². The fraction of sp³-hybridized carbons (Fsp3) is 0.292. The molecule has 0 aliphatic rings. The van der Waals surface area contributed by atoms with Crippen LogP contribution in [0.3, 0.4) is 0 Å². The van der Waals surface area contributed by atoms with Crippen LogP contribution in [0, 0.1) is 5.92 Å². The van der Waals surface area contributed by atoms with Crippen LogP contribution in [0.4, 0.5) is 5.82 Å². The van der Waals surface area contributed by atoms with Crippen LogP contribution in [0.1, 0.15) is 33.5 Å². The highest BCUT2D eigenvalue weighted by molar-refractivity contribution is 6.09. The molecule has 5 nitrogen and oxygen atoms in total. The Morgan fingerprint density at radius 1 is 1.07 bits per heavy atom. The Hall–Kier alpha value is -3.21. The van der Waals surface area contributed by atoms with Crippen LogP contribution in [0.5, 0.6) is 0 Å². The number of amides is 1. The first-order chi connectivity index (χ1) is 14.6. The second-order valence-corrected chi connectivity index (χ2v) is 7.74. The molecule has 5 heteroatoms. The van der Waals surface area contributed by atoms with Gasteiger partial charge in [0.15, 0.2) is 5.82 Å². The lowest BCUT2D eigenvalue weighted by Crippen LogP contribution is -2.10. The number of pyridine rings is 1. The predicted octanol–water partition coefficient (Wildman–Crippen LogP) is 4.98. The third-order valence-electron chi connectivity index (χ3n) is 4.95. The zero-order valence-corrected chi connectivity index (χ0v) is 16.9. The van der Waals surface area contributed by atoms with E-state index in [2.05, 4.69) is 59.0 Å². The molecule has 1 amide bonds. The average Bonchev–Trinajstić information content (AvgIpc) is 3.11. The predicted molar refractivity (Wildman–Crippen MR) is 118 cm³/mol. The Labute approximate surface area is 172 Å². The van der Waals surface area contributed by atoms with Gasteiger partial charge in [-0.25, -0.2) is 9.97 Å². The standard InChI is InChI=1S/C24H26N4O/c1-16(2)15-28-21(14-13-18-9-5-4-6-10-18)27-22-23(28)19-11-7-8-12-20(19)26-24(22)25-17(3)29/h4-12,16H,13-15H2,1-3H3,(H,25,26,29)/i3T. The van der Waals surface area contributed by atoms with Gasteiger partial charge in [0.05, 0.1) is 11.0 Å². The minimum atomic E-state index is -0.386. The topological polar surface area (TPSA) is 59.8 Å². The molecule has 0 bridgehead atoms. The molecular formula is C24H26N4O. The van der Waals surface area contributed by atoms with Crippen LogP contribution in [0.25, 0.3) is 21.9 Å². The number of fused-ring (bicyclic) bond motifs is 3. The van der Waals surface area contributed by atoms with E-state index in [0.29, 0.717) is 17.3 Å². The van der Waals surface area contributed by atoms with Crippen molar-refractivity contribution in [2.45, 2.75) is 40.1 Å². The van der Waals surface area contributed by atoms with E-state index in [4.69, 9.17) is 6.35 Å². The summed E-state index contributed by atoms with van der Waals surface area (Å²) in [5.41, 5.74) is 3.77.